The smallest absolute Gasteiger partial charge is 0.307 e. The van der Waals surface area contributed by atoms with Crippen LogP contribution < -0.4 is 4.72 Å². The van der Waals surface area contributed by atoms with Gasteiger partial charge in [-0.25, -0.2) is 13.1 Å². The van der Waals surface area contributed by atoms with Crippen molar-refractivity contribution >= 4 is 16.0 Å². The van der Waals surface area contributed by atoms with Crippen molar-refractivity contribution < 1.29 is 18.3 Å². The predicted molar refractivity (Wildman–Crippen MR) is 75.7 cm³/mol. The fourth-order valence-corrected chi connectivity index (χ4v) is 3.63. The molecule has 2 N–H and O–H groups in total. The van der Waals surface area contributed by atoms with Crippen molar-refractivity contribution in [3.63, 3.8) is 0 Å². The molecule has 5 nitrogen and oxygen atoms in total. The lowest BCUT2D eigenvalue weighted by molar-refractivity contribution is -0.136. The van der Waals surface area contributed by atoms with Gasteiger partial charge in [0, 0.05) is 6.54 Å². The van der Waals surface area contributed by atoms with Gasteiger partial charge < -0.3 is 5.11 Å². The molecule has 0 radical (unpaired) electrons. The van der Waals surface area contributed by atoms with Gasteiger partial charge >= 0.3 is 5.97 Å². The molecule has 0 unspecified atom stereocenters. The first-order chi connectivity index (χ1) is 9.44. The molecule has 20 heavy (non-hydrogen) atoms. The summed E-state index contributed by atoms with van der Waals surface area (Å²) in [4.78, 5) is 10.6. The summed E-state index contributed by atoms with van der Waals surface area (Å²) in [6.07, 6.45) is 3.12. The number of hydrogen-bond acceptors (Lipinski definition) is 3. The average molecular weight is 297 g/mol. The van der Waals surface area contributed by atoms with Crippen molar-refractivity contribution in [2.45, 2.75) is 32.2 Å². The van der Waals surface area contributed by atoms with E-state index in [1.807, 2.05) is 0 Å². The van der Waals surface area contributed by atoms with Crippen LogP contribution in [0.3, 0.4) is 0 Å². The minimum absolute atomic E-state index is 0.0202. The van der Waals surface area contributed by atoms with Gasteiger partial charge in [-0.05, 0) is 29.9 Å². The summed E-state index contributed by atoms with van der Waals surface area (Å²) < 4.78 is 26.3. The Labute approximate surface area is 119 Å². The fourth-order valence-electron chi connectivity index (χ4n) is 2.17. The van der Waals surface area contributed by atoms with E-state index in [0.29, 0.717) is 11.5 Å². The van der Waals surface area contributed by atoms with Crippen molar-refractivity contribution in [2.75, 3.05) is 5.75 Å². The average Bonchev–Trinajstić information content (AvgIpc) is 2.33. The largest absolute Gasteiger partial charge is 0.481 e. The van der Waals surface area contributed by atoms with E-state index in [-0.39, 0.29) is 18.7 Å². The van der Waals surface area contributed by atoms with Crippen LogP contribution in [-0.2, 0) is 27.8 Å². The number of aliphatic carboxylic acids is 1. The predicted octanol–water partition coefficient (Wildman–Crippen LogP) is 1.53. The molecule has 0 atom stereocenters. The summed E-state index contributed by atoms with van der Waals surface area (Å²) in [6, 6.07) is 6.93. The highest BCUT2D eigenvalue weighted by Gasteiger charge is 2.24. The molecule has 0 spiro atoms. The van der Waals surface area contributed by atoms with E-state index in [9.17, 15) is 13.2 Å². The molecular formula is C14H19NO4S. The number of rotatable bonds is 7. The highest BCUT2D eigenvalue weighted by atomic mass is 32.2. The Morgan fingerprint density at radius 1 is 1.20 bits per heavy atom. The molecule has 0 heterocycles. The van der Waals surface area contributed by atoms with Crippen LogP contribution in [0.25, 0.3) is 0 Å². The molecule has 0 bridgehead atoms. The summed E-state index contributed by atoms with van der Waals surface area (Å²) in [7, 11) is -3.21. The Kier molecular flexibility index (Phi) is 4.77. The Hall–Kier alpha value is -1.40. The molecule has 0 aliphatic heterocycles. The Bertz CT molecular complexity index is 561. The topological polar surface area (TPSA) is 83.5 Å². The number of benzene rings is 1. The van der Waals surface area contributed by atoms with E-state index in [2.05, 4.69) is 4.72 Å². The van der Waals surface area contributed by atoms with Crippen molar-refractivity contribution in [1.29, 1.82) is 0 Å². The third-order valence-electron chi connectivity index (χ3n) is 3.55. The number of carboxylic acid groups (broad SMARTS) is 1. The van der Waals surface area contributed by atoms with Gasteiger partial charge in [-0.2, -0.15) is 0 Å². The number of carboxylic acids is 1. The van der Waals surface area contributed by atoms with Crippen LogP contribution in [0.5, 0.6) is 0 Å². The van der Waals surface area contributed by atoms with Crippen molar-refractivity contribution in [2.24, 2.45) is 5.92 Å². The monoisotopic (exact) mass is 297 g/mol. The molecule has 1 aromatic rings. The number of sulfonamides is 1. The van der Waals surface area contributed by atoms with E-state index < -0.39 is 16.0 Å². The lowest BCUT2D eigenvalue weighted by Crippen LogP contribution is -2.31. The molecule has 0 aromatic heterocycles. The third kappa shape index (κ3) is 4.61. The van der Waals surface area contributed by atoms with E-state index in [0.717, 1.165) is 24.8 Å². The summed E-state index contributed by atoms with van der Waals surface area (Å²) in [6.45, 7) is 0.252. The maximum Gasteiger partial charge on any atom is 0.307 e. The van der Waals surface area contributed by atoms with Gasteiger partial charge in [-0.1, -0.05) is 30.7 Å². The lowest BCUT2D eigenvalue weighted by Gasteiger charge is -2.24. The fraction of sp³-hybridized carbons (Fsp3) is 0.500. The van der Waals surface area contributed by atoms with Gasteiger partial charge in [0.1, 0.15) is 0 Å². The van der Waals surface area contributed by atoms with E-state index >= 15 is 0 Å². The van der Waals surface area contributed by atoms with E-state index in [1.165, 1.54) is 0 Å². The first kappa shape index (κ1) is 15.0. The van der Waals surface area contributed by atoms with Gasteiger partial charge in [0.05, 0.1) is 12.2 Å². The normalized spacial score (nSPS) is 15.8. The summed E-state index contributed by atoms with van der Waals surface area (Å²) in [5.41, 5.74) is 1.54. The molecule has 110 valence electrons. The first-order valence-electron chi connectivity index (χ1n) is 6.71. The van der Waals surface area contributed by atoms with Crippen LogP contribution in [-0.4, -0.2) is 25.2 Å². The molecule has 1 aromatic carbocycles. The molecule has 6 heteroatoms. The Balaban J connectivity index is 1.85. The summed E-state index contributed by atoms with van der Waals surface area (Å²) in [5.74, 6) is -0.353. The first-order valence-corrected chi connectivity index (χ1v) is 8.37. The number of carbonyl (C=O) groups is 1. The maximum absolute atomic E-state index is 11.8. The Morgan fingerprint density at radius 3 is 2.30 bits per heavy atom. The van der Waals surface area contributed by atoms with Gasteiger partial charge in [0.2, 0.25) is 10.0 Å². The molecule has 0 saturated heterocycles. The molecule has 1 fully saturated rings. The van der Waals surface area contributed by atoms with Crippen LogP contribution in [0, 0.1) is 5.92 Å². The summed E-state index contributed by atoms with van der Waals surface area (Å²) in [5, 5.41) is 8.67. The Morgan fingerprint density at radius 2 is 1.80 bits per heavy atom. The van der Waals surface area contributed by atoms with Gasteiger partial charge in [0.15, 0.2) is 0 Å². The second kappa shape index (κ2) is 6.37. The number of hydrogen-bond donors (Lipinski definition) is 2. The molecule has 0 amide bonds. The quantitative estimate of drug-likeness (QED) is 0.799. The van der Waals surface area contributed by atoms with Gasteiger partial charge in [-0.3, -0.25) is 4.79 Å². The zero-order valence-corrected chi connectivity index (χ0v) is 12.0. The van der Waals surface area contributed by atoms with Crippen molar-refractivity contribution in [3.8, 4) is 0 Å². The van der Waals surface area contributed by atoms with E-state index in [4.69, 9.17) is 5.11 Å². The highest BCUT2D eigenvalue weighted by molar-refractivity contribution is 7.89. The lowest BCUT2D eigenvalue weighted by atomic mass is 9.87. The minimum Gasteiger partial charge on any atom is -0.481 e. The molecule has 1 aliphatic carbocycles. The third-order valence-corrected chi connectivity index (χ3v) is 5.05. The zero-order chi connectivity index (χ0) is 14.6. The highest BCUT2D eigenvalue weighted by Crippen LogP contribution is 2.27. The minimum atomic E-state index is -3.21. The van der Waals surface area contributed by atoms with Crippen LogP contribution >= 0.6 is 0 Å². The van der Waals surface area contributed by atoms with E-state index in [1.54, 1.807) is 24.3 Å². The maximum atomic E-state index is 11.8. The van der Waals surface area contributed by atoms with Gasteiger partial charge in [-0.15, -0.1) is 0 Å². The van der Waals surface area contributed by atoms with Crippen LogP contribution in [0.2, 0.25) is 0 Å². The van der Waals surface area contributed by atoms with Crippen LogP contribution in [0.4, 0.5) is 0 Å². The van der Waals surface area contributed by atoms with Crippen LogP contribution in [0.1, 0.15) is 30.4 Å². The zero-order valence-electron chi connectivity index (χ0n) is 11.2. The van der Waals surface area contributed by atoms with Crippen LogP contribution in [0.15, 0.2) is 24.3 Å². The summed E-state index contributed by atoms with van der Waals surface area (Å²) >= 11 is 0. The molecule has 1 saturated carbocycles. The van der Waals surface area contributed by atoms with Crippen molar-refractivity contribution in [1.82, 2.24) is 4.72 Å². The standard InChI is InChI=1S/C14H19NO4S/c16-14(17)8-11-4-6-12(7-5-11)9-15-20(18,19)10-13-2-1-3-13/h4-7,13,15H,1-3,8-10H2,(H,16,17). The second-order valence-corrected chi connectivity index (χ2v) is 7.14. The van der Waals surface area contributed by atoms with Gasteiger partial charge in [0.25, 0.3) is 0 Å². The van der Waals surface area contributed by atoms with Crippen molar-refractivity contribution in [3.05, 3.63) is 35.4 Å². The molecular weight excluding hydrogens is 278 g/mol. The second-order valence-electron chi connectivity index (χ2n) is 5.29. The molecule has 2 rings (SSSR count). The number of nitrogens with one attached hydrogen (secondary N) is 1. The molecule has 1 aliphatic rings. The SMILES string of the molecule is O=C(O)Cc1ccc(CNS(=O)(=O)CC2CCC2)cc1.